The van der Waals surface area contributed by atoms with Gasteiger partial charge < -0.3 is 13.9 Å². The minimum absolute atomic E-state index is 0.000466. The van der Waals surface area contributed by atoms with Crippen molar-refractivity contribution < 1.29 is 28.3 Å². The van der Waals surface area contributed by atoms with Crippen molar-refractivity contribution in [2.45, 2.75) is 38.8 Å². The van der Waals surface area contributed by atoms with E-state index in [0.717, 1.165) is 4.90 Å². The SMILES string of the molecule is C=CCOC(=O)C1C[C@H](c2ccco2)N(C(=O)OC(C)(C)C)C1=O. The van der Waals surface area contributed by atoms with Crippen LogP contribution in [-0.2, 0) is 19.1 Å². The summed E-state index contributed by atoms with van der Waals surface area (Å²) in [7, 11) is 0. The molecule has 2 heterocycles. The normalized spacial score (nSPS) is 20.8. The summed E-state index contributed by atoms with van der Waals surface area (Å²) < 4.78 is 15.6. The number of carbonyl (C=O) groups is 3. The number of rotatable bonds is 4. The first-order chi connectivity index (χ1) is 11.2. The molecule has 1 aromatic rings. The Bertz CT molecular complexity index is 628. The number of imide groups is 1. The fourth-order valence-electron chi connectivity index (χ4n) is 2.44. The van der Waals surface area contributed by atoms with Gasteiger partial charge in [-0.1, -0.05) is 12.7 Å². The number of furan rings is 1. The molecule has 1 aliphatic heterocycles. The molecule has 0 aliphatic carbocycles. The molecule has 7 heteroatoms. The monoisotopic (exact) mass is 335 g/mol. The molecule has 2 rings (SSSR count). The lowest BCUT2D eigenvalue weighted by Crippen LogP contribution is -2.40. The summed E-state index contributed by atoms with van der Waals surface area (Å²) in [5, 5.41) is 0. The molecule has 0 N–H and O–H groups in total. The quantitative estimate of drug-likeness (QED) is 0.478. The topological polar surface area (TPSA) is 86.1 Å². The van der Waals surface area contributed by atoms with Crippen molar-refractivity contribution in [2.24, 2.45) is 5.92 Å². The molecule has 1 fully saturated rings. The van der Waals surface area contributed by atoms with Gasteiger partial charge in [0.2, 0.25) is 5.91 Å². The maximum Gasteiger partial charge on any atom is 0.417 e. The molecule has 2 amide bonds. The van der Waals surface area contributed by atoms with Crippen molar-refractivity contribution in [3.05, 3.63) is 36.8 Å². The van der Waals surface area contributed by atoms with Crippen molar-refractivity contribution in [3.8, 4) is 0 Å². The third-order valence-electron chi connectivity index (χ3n) is 3.40. The Morgan fingerprint density at radius 3 is 2.71 bits per heavy atom. The van der Waals surface area contributed by atoms with Gasteiger partial charge in [0.05, 0.1) is 6.26 Å². The zero-order valence-corrected chi connectivity index (χ0v) is 14.0. The first-order valence-corrected chi connectivity index (χ1v) is 7.61. The van der Waals surface area contributed by atoms with Gasteiger partial charge in [0.25, 0.3) is 0 Å². The molecular weight excluding hydrogens is 314 g/mol. The summed E-state index contributed by atoms with van der Waals surface area (Å²) in [6, 6.07) is 2.59. The Balaban J connectivity index is 2.26. The molecule has 0 spiro atoms. The highest BCUT2D eigenvalue weighted by Gasteiger charge is 2.50. The molecule has 24 heavy (non-hydrogen) atoms. The molecule has 130 valence electrons. The highest BCUT2D eigenvalue weighted by atomic mass is 16.6. The molecule has 1 unspecified atom stereocenters. The van der Waals surface area contributed by atoms with Crippen molar-refractivity contribution in [2.75, 3.05) is 6.61 Å². The van der Waals surface area contributed by atoms with E-state index in [-0.39, 0.29) is 13.0 Å². The Kier molecular flexibility index (Phi) is 5.11. The predicted molar refractivity (Wildman–Crippen MR) is 83.8 cm³/mol. The van der Waals surface area contributed by atoms with E-state index in [1.165, 1.54) is 12.3 Å². The Morgan fingerprint density at radius 1 is 1.46 bits per heavy atom. The van der Waals surface area contributed by atoms with Crippen LogP contribution >= 0.6 is 0 Å². The Morgan fingerprint density at radius 2 is 2.17 bits per heavy atom. The molecule has 1 aliphatic rings. The lowest BCUT2D eigenvalue weighted by molar-refractivity contribution is -0.151. The average Bonchev–Trinajstić information content (AvgIpc) is 3.10. The van der Waals surface area contributed by atoms with Crippen LogP contribution in [0.15, 0.2) is 35.5 Å². The van der Waals surface area contributed by atoms with Gasteiger partial charge in [-0.05, 0) is 39.3 Å². The average molecular weight is 335 g/mol. The summed E-state index contributed by atoms with van der Waals surface area (Å²) in [6.45, 7) is 8.55. The molecule has 0 bridgehead atoms. The summed E-state index contributed by atoms with van der Waals surface area (Å²) in [5.74, 6) is -2.01. The van der Waals surface area contributed by atoms with Crippen LogP contribution in [-0.4, -0.2) is 35.1 Å². The van der Waals surface area contributed by atoms with E-state index in [1.807, 2.05) is 0 Å². The van der Waals surface area contributed by atoms with Crippen LogP contribution in [0.1, 0.15) is 39.0 Å². The second-order valence-electron chi connectivity index (χ2n) is 6.43. The van der Waals surface area contributed by atoms with Gasteiger partial charge in [-0.25, -0.2) is 9.69 Å². The van der Waals surface area contributed by atoms with E-state index in [1.54, 1.807) is 32.9 Å². The first kappa shape index (κ1) is 17.8. The smallest absolute Gasteiger partial charge is 0.417 e. The first-order valence-electron chi connectivity index (χ1n) is 7.61. The second-order valence-corrected chi connectivity index (χ2v) is 6.43. The van der Waals surface area contributed by atoms with Crippen molar-refractivity contribution in [3.63, 3.8) is 0 Å². The summed E-state index contributed by atoms with van der Waals surface area (Å²) in [4.78, 5) is 38.0. The maximum absolute atomic E-state index is 12.6. The minimum atomic E-state index is -1.08. The van der Waals surface area contributed by atoms with Crippen LogP contribution in [0.5, 0.6) is 0 Å². The Hall–Kier alpha value is -2.57. The standard InChI is InChI=1S/C17H21NO6/c1-5-8-23-15(20)11-10-12(13-7-6-9-22-13)18(14(11)19)16(21)24-17(2,3)4/h5-7,9,11-12H,1,8,10H2,2-4H3/t11?,12-/m1/s1. The van der Waals surface area contributed by atoms with Gasteiger partial charge in [0, 0.05) is 0 Å². The maximum atomic E-state index is 12.6. The lowest BCUT2D eigenvalue weighted by atomic mass is 10.0. The number of likely N-dealkylation sites (tertiary alicyclic amines) is 1. The van der Waals surface area contributed by atoms with E-state index >= 15 is 0 Å². The van der Waals surface area contributed by atoms with E-state index in [0.29, 0.717) is 5.76 Å². The van der Waals surface area contributed by atoms with E-state index in [2.05, 4.69) is 6.58 Å². The van der Waals surface area contributed by atoms with Crippen LogP contribution in [0.3, 0.4) is 0 Å². The van der Waals surface area contributed by atoms with Crippen LogP contribution in [0.25, 0.3) is 0 Å². The number of hydrogen-bond donors (Lipinski definition) is 0. The van der Waals surface area contributed by atoms with Gasteiger partial charge in [0.1, 0.15) is 29.9 Å². The highest BCUT2D eigenvalue weighted by Crippen LogP contribution is 2.38. The number of esters is 1. The third-order valence-corrected chi connectivity index (χ3v) is 3.40. The molecular formula is C17H21NO6. The number of hydrogen-bond acceptors (Lipinski definition) is 6. The van der Waals surface area contributed by atoms with Crippen LogP contribution < -0.4 is 0 Å². The van der Waals surface area contributed by atoms with Crippen LogP contribution in [0, 0.1) is 5.92 Å². The van der Waals surface area contributed by atoms with Crippen LogP contribution in [0.4, 0.5) is 4.79 Å². The van der Waals surface area contributed by atoms with Gasteiger partial charge >= 0.3 is 12.1 Å². The molecule has 0 aromatic carbocycles. The number of carbonyl (C=O) groups excluding carboxylic acids is 3. The highest BCUT2D eigenvalue weighted by molar-refractivity contribution is 6.05. The zero-order valence-electron chi connectivity index (χ0n) is 14.0. The Labute approximate surface area is 140 Å². The summed E-state index contributed by atoms with van der Waals surface area (Å²) in [6.07, 6.45) is 2.12. The van der Waals surface area contributed by atoms with E-state index in [9.17, 15) is 14.4 Å². The molecule has 1 saturated heterocycles. The second kappa shape index (κ2) is 6.90. The van der Waals surface area contributed by atoms with E-state index < -0.39 is 35.5 Å². The molecule has 7 nitrogen and oxygen atoms in total. The van der Waals surface area contributed by atoms with Crippen LogP contribution in [0.2, 0.25) is 0 Å². The lowest BCUT2D eigenvalue weighted by Gasteiger charge is -2.26. The fourth-order valence-corrected chi connectivity index (χ4v) is 2.44. The number of amides is 2. The largest absolute Gasteiger partial charge is 0.467 e. The predicted octanol–water partition coefficient (Wildman–Crippen LogP) is 2.83. The number of nitrogens with zero attached hydrogens (tertiary/aromatic N) is 1. The summed E-state index contributed by atoms with van der Waals surface area (Å²) >= 11 is 0. The third kappa shape index (κ3) is 3.84. The van der Waals surface area contributed by atoms with Gasteiger partial charge in [-0.3, -0.25) is 9.59 Å². The number of ether oxygens (including phenoxy) is 2. The molecule has 2 atom stereocenters. The van der Waals surface area contributed by atoms with Crippen molar-refractivity contribution >= 4 is 18.0 Å². The molecule has 1 aromatic heterocycles. The van der Waals surface area contributed by atoms with Crippen molar-refractivity contribution in [1.29, 1.82) is 0 Å². The van der Waals surface area contributed by atoms with Gasteiger partial charge in [0.15, 0.2) is 0 Å². The van der Waals surface area contributed by atoms with Gasteiger partial charge in [-0.2, -0.15) is 0 Å². The fraction of sp³-hybridized carbons (Fsp3) is 0.471. The zero-order chi connectivity index (χ0) is 17.9. The molecule has 0 radical (unpaired) electrons. The molecule has 0 saturated carbocycles. The van der Waals surface area contributed by atoms with E-state index in [4.69, 9.17) is 13.9 Å². The van der Waals surface area contributed by atoms with Crippen molar-refractivity contribution in [1.82, 2.24) is 4.90 Å². The van der Waals surface area contributed by atoms with Gasteiger partial charge in [-0.15, -0.1) is 0 Å². The minimum Gasteiger partial charge on any atom is -0.467 e. The summed E-state index contributed by atoms with van der Waals surface area (Å²) in [5.41, 5.74) is -0.771.